The third kappa shape index (κ3) is 2.55. The minimum Gasteiger partial charge on any atom is -0.508 e. The number of phenols is 1. The second kappa shape index (κ2) is 5.24. The summed E-state index contributed by atoms with van der Waals surface area (Å²) in [6, 6.07) is 6.39. The summed E-state index contributed by atoms with van der Waals surface area (Å²) in [7, 11) is 0. The van der Waals surface area contributed by atoms with Gasteiger partial charge in [0.1, 0.15) is 5.75 Å². The number of hydrogen-bond donors (Lipinski definition) is 2. The molecule has 1 aliphatic heterocycles. The van der Waals surface area contributed by atoms with Crippen LogP contribution in [0.25, 0.3) is 6.08 Å². The lowest BCUT2D eigenvalue weighted by molar-refractivity contribution is -0.122. The molecule has 0 radical (unpaired) electrons. The van der Waals surface area contributed by atoms with E-state index < -0.39 is 0 Å². The Morgan fingerprint density at radius 2 is 1.94 bits per heavy atom. The van der Waals surface area contributed by atoms with Gasteiger partial charge in [0, 0.05) is 13.1 Å². The Morgan fingerprint density at radius 1 is 1.28 bits per heavy atom. The first-order valence-electron chi connectivity index (χ1n) is 5.36. The standard InChI is InChI=1S/C12H12N2O3S/c13-5-6-14-11(16)10(18-12(14)17)7-8-1-3-9(15)4-2-8/h1-4,7,15H,5-6,13H2/b10-7+. The van der Waals surface area contributed by atoms with Crippen LogP contribution in [0.15, 0.2) is 29.2 Å². The second-order valence-corrected chi connectivity index (χ2v) is 4.71. The zero-order valence-electron chi connectivity index (χ0n) is 9.50. The zero-order chi connectivity index (χ0) is 13.1. The van der Waals surface area contributed by atoms with Gasteiger partial charge in [-0.2, -0.15) is 0 Å². The topological polar surface area (TPSA) is 83.6 Å². The Hall–Kier alpha value is -1.79. The van der Waals surface area contributed by atoms with Gasteiger partial charge in [0.2, 0.25) is 0 Å². The number of carbonyl (C=O) groups is 2. The summed E-state index contributed by atoms with van der Waals surface area (Å²) in [6.45, 7) is 0.488. The predicted octanol–water partition coefficient (Wildman–Crippen LogP) is 1.39. The van der Waals surface area contributed by atoms with E-state index in [1.807, 2.05) is 0 Å². The molecule has 3 N–H and O–H groups in total. The second-order valence-electron chi connectivity index (χ2n) is 3.71. The lowest BCUT2D eigenvalue weighted by Crippen LogP contribution is -2.33. The first kappa shape index (κ1) is 12.7. The Balaban J connectivity index is 2.22. The highest BCUT2D eigenvalue weighted by Gasteiger charge is 2.34. The van der Waals surface area contributed by atoms with Crippen molar-refractivity contribution in [1.82, 2.24) is 4.90 Å². The number of hydrogen-bond acceptors (Lipinski definition) is 5. The molecule has 2 amide bonds. The molecule has 18 heavy (non-hydrogen) atoms. The fourth-order valence-electron chi connectivity index (χ4n) is 1.54. The van der Waals surface area contributed by atoms with E-state index in [4.69, 9.17) is 10.8 Å². The van der Waals surface area contributed by atoms with Crippen molar-refractivity contribution in [2.24, 2.45) is 5.73 Å². The van der Waals surface area contributed by atoms with Crippen molar-refractivity contribution in [3.05, 3.63) is 34.7 Å². The van der Waals surface area contributed by atoms with Crippen LogP contribution in [-0.4, -0.2) is 34.2 Å². The summed E-state index contributed by atoms with van der Waals surface area (Å²) in [6.07, 6.45) is 1.63. The molecular formula is C12H12N2O3S. The van der Waals surface area contributed by atoms with Crippen molar-refractivity contribution < 1.29 is 14.7 Å². The van der Waals surface area contributed by atoms with Crippen molar-refractivity contribution in [3.8, 4) is 5.75 Å². The summed E-state index contributed by atoms with van der Waals surface area (Å²) in [5.41, 5.74) is 6.10. The molecule has 2 rings (SSSR count). The van der Waals surface area contributed by atoms with Crippen LogP contribution in [-0.2, 0) is 4.79 Å². The fourth-order valence-corrected chi connectivity index (χ4v) is 2.41. The van der Waals surface area contributed by atoms with Crippen LogP contribution in [0.1, 0.15) is 5.56 Å². The smallest absolute Gasteiger partial charge is 0.293 e. The largest absolute Gasteiger partial charge is 0.508 e. The summed E-state index contributed by atoms with van der Waals surface area (Å²) in [5.74, 6) is -0.160. The van der Waals surface area contributed by atoms with Crippen LogP contribution in [0.4, 0.5) is 4.79 Å². The van der Waals surface area contributed by atoms with Crippen LogP contribution in [0.5, 0.6) is 5.75 Å². The van der Waals surface area contributed by atoms with Crippen molar-refractivity contribution in [1.29, 1.82) is 0 Å². The zero-order valence-corrected chi connectivity index (χ0v) is 10.3. The third-order valence-corrected chi connectivity index (χ3v) is 3.32. The van der Waals surface area contributed by atoms with Gasteiger partial charge in [-0.25, -0.2) is 0 Å². The van der Waals surface area contributed by atoms with Crippen LogP contribution in [0.3, 0.4) is 0 Å². The van der Waals surface area contributed by atoms with Gasteiger partial charge in [0.25, 0.3) is 11.1 Å². The van der Waals surface area contributed by atoms with E-state index in [2.05, 4.69) is 0 Å². The molecule has 0 bridgehead atoms. The number of benzene rings is 1. The van der Waals surface area contributed by atoms with Crippen LogP contribution < -0.4 is 5.73 Å². The number of phenolic OH excluding ortho intramolecular Hbond substituents is 1. The van der Waals surface area contributed by atoms with Crippen molar-refractivity contribution in [3.63, 3.8) is 0 Å². The predicted molar refractivity (Wildman–Crippen MR) is 69.8 cm³/mol. The van der Waals surface area contributed by atoms with Gasteiger partial charge < -0.3 is 10.8 Å². The quantitative estimate of drug-likeness (QED) is 0.806. The SMILES string of the molecule is NCCN1C(=O)S/C(=C/c2ccc(O)cc2)C1=O. The monoisotopic (exact) mass is 264 g/mol. The van der Waals surface area contributed by atoms with Gasteiger partial charge in [-0.1, -0.05) is 12.1 Å². The Bertz CT molecular complexity index is 511. The van der Waals surface area contributed by atoms with E-state index in [1.54, 1.807) is 18.2 Å². The van der Waals surface area contributed by atoms with Gasteiger partial charge in [0.05, 0.1) is 4.91 Å². The number of imide groups is 1. The van der Waals surface area contributed by atoms with E-state index in [1.165, 1.54) is 12.1 Å². The molecule has 1 fully saturated rings. The summed E-state index contributed by atoms with van der Waals surface area (Å²) in [5, 5.41) is 8.86. The number of amides is 2. The fraction of sp³-hybridized carbons (Fsp3) is 0.167. The van der Waals surface area contributed by atoms with E-state index >= 15 is 0 Å². The molecule has 0 spiro atoms. The van der Waals surface area contributed by atoms with Gasteiger partial charge >= 0.3 is 0 Å². The molecule has 1 saturated heterocycles. The van der Waals surface area contributed by atoms with Crippen molar-refractivity contribution in [2.75, 3.05) is 13.1 Å². The first-order chi connectivity index (χ1) is 8.61. The number of thioether (sulfide) groups is 1. The number of aromatic hydroxyl groups is 1. The Labute approximate surface area is 108 Å². The van der Waals surface area contributed by atoms with Gasteiger partial charge in [0.15, 0.2) is 0 Å². The van der Waals surface area contributed by atoms with Gasteiger partial charge in [-0.3, -0.25) is 14.5 Å². The maximum Gasteiger partial charge on any atom is 0.293 e. The van der Waals surface area contributed by atoms with E-state index in [9.17, 15) is 9.59 Å². The highest BCUT2D eigenvalue weighted by Crippen LogP contribution is 2.31. The Kier molecular flexibility index (Phi) is 3.69. The lowest BCUT2D eigenvalue weighted by Gasteiger charge is -2.09. The molecule has 0 saturated carbocycles. The number of rotatable bonds is 3. The summed E-state index contributed by atoms with van der Waals surface area (Å²) in [4.78, 5) is 25.0. The van der Waals surface area contributed by atoms with E-state index in [0.29, 0.717) is 4.91 Å². The van der Waals surface area contributed by atoms with Crippen LogP contribution in [0, 0.1) is 0 Å². The number of nitrogens with zero attached hydrogens (tertiary/aromatic N) is 1. The molecule has 1 aromatic carbocycles. The summed E-state index contributed by atoms with van der Waals surface area (Å²) >= 11 is 0.901. The molecule has 1 aliphatic rings. The van der Waals surface area contributed by atoms with Crippen molar-refractivity contribution >= 4 is 29.0 Å². The normalized spacial score (nSPS) is 17.8. The number of carbonyl (C=O) groups excluding carboxylic acids is 2. The number of nitrogens with two attached hydrogens (primary N) is 1. The average molecular weight is 264 g/mol. The van der Waals surface area contributed by atoms with Gasteiger partial charge in [-0.15, -0.1) is 0 Å². The first-order valence-corrected chi connectivity index (χ1v) is 6.18. The molecule has 1 heterocycles. The van der Waals surface area contributed by atoms with Gasteiger partial charge in [-0.05, 0) is 35.5 Å². The minimum atomic E-state index is -0.316. The molecule has 1 aromatic rings. The highest BCUT2D eigenvalue weighted by atomic mass is 32.2. The van der Waals surface area contributed by atoms with Crippen molar-refractivity contribution in [2.45, 2.75) is 0 Å². The molecule has 6 heteroatoms. The molecule has 94 valence electrons. The maximum atomic E-state index is 11.9. The molecule has 5 nitrogen and oxygen atoms in total. The van der Waals surface area contributed by atoms with E-state index in [-0.39, 0.29) is 30.0 Å². The molecule has 0 atom stereocenters. The third-order valence-electron chi connectivity index (χ3n) is 2.42. The minimum absolute atomic E-state index is 0.156. The highest BCUT2D eigenvalue weighted by molar-refractivity contribution is 8.18. The lowest BCUT2D eigenvalue weighted by atomic mass is 10.2. The molecular weight excluding hydrogens is 252 g/mol. The van der Waals surface area contributed by atoms with Crippen LogP contribution >= 0.6 is 11.8 Å². The summed E-state index contributed by atoms with van der Waals surface area (Å²) < 4.78 is 0. The molecule has 0 aliphatic carbocycles. The van der Waals surface area contributed by atoms with E-state index in [0.717, 1.165) is 22.2 Å². The van der Waals surface area contributed by atoms with Crippen LogP contribution in [0.2, 0.25) is 0 Å². The average Bonchev–Trinajstić information content (AvgIpc) is 2.60. The molecule has 0 aromatic heterocycles. The Morgan fingerprint density at radius 3 is 2.56 bits per heavy atom. The maximum absolute atomic E-state index is 11.9. The molecule has 0 unspecified atom stereocenters.